The second kappa shape index (κ2) is 12.5. The number of hydrogen-bond donors (Lipinski definition) is 1. The van der Waals surface area contributed by atoms with Gasteiger partial charge >= 0.3 is 5.97 Å². The minimum atomic E-state index is -0.429. The number of amides is 2. The Balaban J connectivity index is 1.77. The number of halogens is 2. The largest absolute Gasteiger partial charge is 0.495 e. The zero-order valence-corrected chi connectivity index (χ0v) is 21.2. The van der Waals surface area contributed by atoms with Crippen LogP contribution in [0.3, 0.4) is 0 Å². The van der Waals surface area contributed by atoms with Gasteiger partial charge in [-0.05, 0) is 35.9 Å². The van der Waals surface area contributed by atoms with Crippen LogP contribution >= 0.6 is 11.6 Å². The van der Waals surface area contributed by atoms with Gasteiger partial charge in [-0.2, -0.15) is 0 Å². The van der Waals surface area contributed by atoms with Gasteiger partial charge in [-0.15, -0.1) is 0 Å². The van der Waals surface area contributed by atoms with E-state index < -0.39 is 5.97 Å². The maximum Gasteiger partial charge on any atom is 0.302 e. The Morgan fingerprint density at radius 1 is 1.17 bits per heavy atom. The van der Waals surface area contributed by atoms with E-state index in [1.807, 2.05) is 0 Å². The highest BCUT2D eigenvalue weighted by molar-refractivity contribution is 6.32. The molecule has 1 heterocycles. The number of carbonyl (C=O) groups excluding carboxylic acids is 3. The minimum absolute atomic E-state index is 0.0563. The summed E-state index contributed by atoms with van der Waals surface area (Å²) in [5, 5.41) is 3.02. The molecule has 0 aromatic heterocycles. The van der Waals surface area contributed by atoms with Crippen LogP contribution in [0.25, 0.3) is 6.08 Å². The molecule has 8 nitrogen and oxygen atoms in total. The van der Waals surface area contributed by atoms with Gasteiger partial charge in [0.15, 0.2) is 0 Å². The fourth-order valence-corrected chi connectivity index (χ4v) is 4.22. The number of nitrogens with zero attached hydrogens (tertiary/aromatic N) is 2. The van der Waals surface area contributed by atoms with Crippen molar-refractivity contribution in [2.75, 3.05) is 38.7 Å². The third kappa shape index (κ3) is 7.53. The van der Waals surface area contributed by atoms with Gasteiger partial charge in [-0.1, -0.05) is 23.7 Å². The first kappa shape index (κ1) is 27.2. The van der Waals surface area contributed by atoms with Crippen LogP contribution in [0.15, 0.2) is 42.5 Å². The van der Waals surface area contributed by atoms with Crippen LogP contribution in [-0.2, 0) is 25.7 Å². The molecule has 0 saturated carbocycles. The number of hydrogen-bond acceptors (Lipinski definition) is 6. The van der Waals surface area contributed by atoms with Gasteiger partial charge in [0.05, 0.1) is 18.2 Å². The summed E-state index contributed by atoms with van der Waals surface area (Å²) in [5.74, 6) is -0.873. The molecule has 0 aliphatic carbocycles. The highest BCUT2D eigenvalue weighted by Crippen LogP contribution is 2.32. The Kier molecular flexibility index (Phi) is 9.44. The van der Waals surface area contributed by atoms with Crippen LogP contribution < -0.4 is 10.1 Å². The maximum atomic E-state index is 13.2. The molecular formula is C26H29ClFN3O5. The number of piperazine rings is 1. The summed E-state index contributed by atoms with van der Waals surface area (Å²) < 4.78 is 23.7. The second-order valence-corrected chi connectivity index (χ2v) is 8.85. The van der Waals surface area contributed by atoms with Crippen LogP contribution in [0.1, 0.15) is 25.0 Å². The Morgan fingerprint density at radius 3 is 2.53 bits per heavy atom. The lowest BCUT2D eigenvalue weighted by Crippen LogP contribution is -2.56. The maximum absolute atomic E-state index is 13.2. The molecule has 192 valence electrons. The first-order chi connectivity index (χ1) is 17.2. The van der Waals surface area contributed by atoms with Crippen molar-refractivity contribution in [3.8, 4) is 5.75 Å². The van der Waals surface area contributed by atoms with Gasteiger partial charge in [0.25, 0.3) is 0 Å². The van der Waals surface area contributed by atoms with Crippen molar-refractivity contribution in [3.05, 3.63) is 64.4 Å². The van der Waals surface area contributed by atoms with Crippen molar-refractivity contribution in [1.29, 1.82) is 0 Å². The Hall–Kier alpha value is -3.43. The number of esters is 1. The number of anilines is 1. The fourth-order valence-electron chi connectivity index (χ4n) is 3.98. The Bertz CT molecular complexity index is 1140. The van der Waals surface area contributed by atoms with Gasteiger partial charge in [0, 0.05) is 57.4 Å². The van der Waals surface area contributed by atoms with Crippen LogP contribution in [-0.4, -0.2) is 67.0 Å². The van der Waals surface area contributed by atoms with Gasteiger partial charge < -0.3 is 19.7 Å². The smallest absolute Gasteiger partial charge is 0.302 e. The monoisotopic (exact) mass is 517 g/mol. The van der Waals surface area contributed by atoms with Crippen LogP contribution in [0.2, 0.25) is 5.02 Å². The van der Waals surface area contributed by atoms with Crippen LogP contribution in [0.5, 0.6) is 5.75 Å². The molecule has 2 aromatic carbocycles. The van der Waals surface area contributed by atoms with E-state index in [9.17, 15) is 18.8 Å². The molecule has 1 aliphatic rings. The summed E-state index contributed by atoms with van der Waals surface area (Å²) >= 11 is 6.19. The zero-order chi connectivity index (χ0) is 26.2. The number of carbonyl (C=O) groups is 3. The first-order valence-corrected chi connectivity index (χ1v) is 11.8. The average molecular weight is 518 g/mol. The molecule has 2 amide bonds. The predicted molar refractivity (Wildman–Crippen MR) is 135 cm³/mol. The molecule has 36 heavy (non-hydrogen) atoms. The number of ether oxygens (including phenoxy) is 2. The molecule has 10 heteroatoms. The van der Waals surface area contributed by atoms with E-state index in [1.165, 1.54) is 39.2 Å². The molecule has 3 rings (SSSR count). The van der Waals surface area contributed by atoms with E-state index >= 15 is 0 Å². The quantitative estimate of drug-likeness (QED) is 0.424. The number of rotatable bonds is 8. The van der Waals surface area contributed by atoms with Crippen LogP contribution in [0, 0.1) is 5.82 Å². The van der Waals surface area contributed by atoms with Crippen molar-refractivity contribution in [1.82, 2.24) is 9.80 Å². The van der Waals surface area contributed by atoms with Crippen molar-refractivity contribution < 1.29 is 28.2 Å². The molecule has 1 saturated heterocycles. The van der Waals surface area contributed by atoms with E-state index in [0.29, 0.717) is 48.2 Å². The average Bonchev–Trinajstić information content (AvgIpc) is 2.83. The van der Waals surface area contributed by atoms with E-state index in [-0.39, 0.29) is 30.3 Å². The highest BCUT2D eigenvalue weighted by atomic mass is 35.5. The second-order valence-electron chi connectivity index (χ2n) is 8.44. The van der Waals surface area contributed by atoms with E-state index in [0.717, 1.165) is 5.56 Å². The summed E-state index contributed by atoms with van der Waals surface area (Å²) in [6, 6.07) is 9.11. The summed E-state index contributed by atoms with van der Waals surface area (Å²) in [6.07, 6.45) is 2.99. The molecule has 1 aliphatic heterocycles. The minimum Gasteiger partial charge on any atom is -0.495 e. The molecular weight excluding hydrogens is 489 g/mol. The fraction of sp³-hybridized carbons (Fsp3) is 0.346. The van der Waals surface area contributed by atoms with Crippen molar-refractivity contribution >= 4 is 41.1 Å². The van der Waals surface area contributed by atoms with Crippen molar-refractivity contribution in [3.63, 3.8) is 0 Å². The molecule has 0 bridgehead atoms. The standard InChI is InChI=1S/C26H29ClFN3O5/c1-17(32)29-24-13-23(27)25(35-3)12-20(24)6-9-26(34)31-11-10-30(15-22(31)16-36-18(2)33)14-19-4-7-21(28)8-5-19/h4-9,12-13,22H,10-11,14-16H2,1-3H3,(H,29,32)/b9-6+/t22-/m0/s1. The zero-order valence-electron chi connectivity index (χ0n) is 20.4. The number of nitrogens with one attached hydrogen (secondary N) is 1. The lowest BCUT2D eigenvalue weighted by molar-refractivity contribution is -0.147. The normalized spacial score (nSPS) is 16.1. The molecule has 0 spiro atoms. The molecule has 2 aromatic rings. The third-order valence-electron chi connectivity index (χ3n) is 5.69. The number of methoxy groups -OCH3 is 1. The molecule has 0 unspecified atom stereocenters. The number of benzene rings is 2. The highest BCUT2D eigenvalue weighted by Gasteiger charge is 2.30. The van der Waals surface area contributed by atoms with Gasteiger partial charge in [-0.3, -0.25) is 19.3 Å². The Morgan fingerprint density at radius 2 is 1.89 bits per heavy atom. The molecule has 1 N–H and O–H groups in total. The van der Waals surface area contributed by atoms with E-state index in [1.54, 1.807) is 35.2 Å². The summed E-state index contributed by atoms with van der Waals surface area (Å²) in [6.45, 7) is 4.83. The Labute approximate surface area is 214 Å². The van der Waals surface area contributed by atoms with Crippen molar-refractivity contribution in [2.24, 2.45) is 0 Å². The lowest BCUT2D eigenvalue weighted by atomic mass is 10.1. The van der Waals surface area contributed by atoms with E-state index in [2.05, 4.69) is 10.2 Å². The summed E-state index contributed by atoms with van der Waals surface area (Å²) in [7, 11) is 1.48. The lowest BCUT2D eigenvalue weighted by Gasteiger charge is -2.40. The molecule has 1 fully saturated rings. The molecule has 1 atom stereocenters. The third-order valence-corrected chi connectivity index (χ3v) is 5.98. The SMILES string of the molecule is COc1cc(/C=C/C(=O)N2CCN(Cc3ccc(F)cc3)C[C@H]2COC(C)=O)c(NC(C)=O)cc1Cl. The topological polar surface area (TPSA) is 88.2 Å². The first-order valence-electron chi connectivity index (χ1n) is 11.4. The van der Waals surface area contributed by atoms with Gasteiger partial charge in [0.1, 0.15) is 18.2 Å². The van der Waals surface area contributed by atoms with Gasteiger partial charge in [0.2, 0.25) is 11.8 Å². The van der Waals surface area contributed by atoms with Crippen LogP contribution in [0.4, 0.5) is 10.1 Å². The molecule has 0 radical (unpaired) electrons. The summed E-state index contributed by atoms with van der Waals surface area (Å²) in [5.41, 5.74) is 1.94. The van der Waals surface area contributed by atoms with Gasteiger partial charge in [-0.25, -0.2) is 4.39 Å². The summed E-state index contributed by atoms with van der Waals surface area (Å²) in [4.78, 5) is 40.0. The van der Waals surface area contributed by atoms with E-state index in [4.69, 9.17) is 21.1 Å². The predicted octanol–water partition coefficient (Wildman–Crippen LogP) is 3.74. The van der Waals surface area contributed by atoms with Crippen molar-refractivity contribution in [2.45, 2.75) is 26.4 Å².